The summed E-state index contributed by atoms with van der Waals surface area (Å²) in [5.74, 6) is 0. The molecule has 3 rings (SSSR count). The highest BCUT2D eigenvalue weighted by Gasteiger charge is 2.30. The number of halogens is 3. The third kappa shape index (κ3) is 2.76. The number of benzene rings is 1. The normalized spacial score (nSPS) is 16.7. The third-order valence-electron chi connectivity index (χ3n) is 3.24. The van der Waals surface area contributed by atoms with E-state index in [0.717, 1.165) is 12.1 Å². The zero-order valence-electron chi connectivity index (χ0n) is 10.7. The zero-order valence-corrected chi connectivity index (χ0v) is 10.7. The molecule has 1 aromatic heterocycles. The van der Waals surface area contributed by atoms with Crippen LogP contribution in [0.3, 0.4) is 0 Å². The van der Waals surface area contributed by atoms with Crippen LogP contribution < -0.4 is 27.3 Å². The van der Waals surface area contributed by atoms with Crippen LogP contribution in [0.4, 0.5) is 13.2 Å². The summed E-state index contributed by atoms with van der Waals surface area (Å²) in [6.07, 6.45) is -3.08. The van der Waals surface area contributed by atoms with E-state index in [9.17, 15) is 18.0 Å². The quantitative estimate of drug-likeness (QED) is 0.649. The van der Waals surface area contributed by atoms with Crippen LogP contribution in [0.5, 0.6) is 0 Å². The molecule has 0 atom stereocenters. The highest BCUT2D eigenvalue weighted by Crippen LogP contribution is 2.30. The van der Waals surface area contributed by atoms with E-state index in [4.69, 9.17) is 0 Å². The fourth-order valence-corrected chi connectivity index (χ4v) is 2.22. The number of fused-ring (bicyclic) bond motifs is 1. The van der Waals surface area contributed by atoms with Gasteiger partial charge in [-0.1, -0.05) is 0 Å². The van der Waals surface area contributed by atoms with Crippen LogP contribution in [0.25, 0.3) is 10.9 Å². The predicted molar refractivity (Wildman–Crippen MR) is 69.5 cm³/mol. The lowest BCUT2D eigenvalue weighted by Gasteiger charge is -2.15. The first kappa shape index (κ1) is 14.0. The molecule has 112 valence electrons. The first-order chi connectivity index (χ1) is 9.95. The standard InChI is InChI=1S/C12H12F3N5O/c13-12(14,15)7-1-2-9-8(5-7)10(21)3-4-20(9)6-11-16-18-19-17-11/h1-5,11,16-19H,6H2. The minimum Gasteiger partial charge on any atom is -0.344 e. The van der Waals surface area contributed by atoms with E-state index in [-0.39, 0.29) is 11.6 Å². The van der Waals surface area contributed by atoms with Crippen LogP contribution >= 0.6 is 0 Å². The Labute approximate surface area is 116 Å². The molecule has 0 spiro atoms. The SMILES string of the molecule is O=c1ccn(CC2NNNN2)c2ccc(C(F)(F)F)cc12. The molecule has 6 nitrogen and oxygen atoms in total. The molecule has 0 saturated carbocycles. The van der Waals surface area contributed by atoms with E-state index in [1.165, 1.54) is 12.1 Å². The molecule has 21 heavy (non-hydrogen) atoms. The van der Waals surface area contributed by atoms with E-state index in [1.807, 2.05) is 0 Å². The van der Waals surface area contributed by atoms with E-state index < -0.39 is 17.2 Å². The smallest absolute Gasteiger partial charge is 0.344 e. The minimum atomic E-state index is -4.47. The van der Waals surface area contributed by atoms with Gasteiger partial charge < -0.3 is 4.57 Å². The molecule has 1 fully saturated rings. The van der Waals surface area contributed by atoms with Crippen LogP contribution in [-0.2, 0) is 12.7 Å². The number of nitrogens with zero attached hydrogens (tertiary/aromatic N) is 1. The van der Waals surface area contributed by atoms with Gasteiger partial charge in [0.1, 0.15) is 6.17 Å². The molecule has 4 N–H and O–H groups in total. The van der Waals surface area contributed by atoms with Crippen molar-refractivity contribution < 1.29 is 13.2 Å². The van der Waals surface area contributed by atoms with Crippen molar-refractivity contribution in [2.24, 2.45) is 0 Å². The molecule has 1 aliphatic rings. The number of pyridine rings is 1. The lowest BCUT2D eigenvalue weighted by molar-refractivity contribution is -0.137. The largest absolute Gasteiger partial charge is 0.416 e. The summed E-state index contributed by atoms with van der Waals surface area (Å²) in [7, 11) is 0. The number of hydrogen-bond acceptors (Lipinski definition) is 5. The van der Waals surface area contributed by atoms with Gasteiger partial charge in [0.2, 0.25) is 0 Å². The van der Waals surface area contributed by atoms with Gasteiger partial charge in [0.05, 0.1) is 17.6 Å². The molecule has 1 aromatic carbocycles. The Morgan fingerprint density at radius 3 is 2.52 bits per heavy atom. The van der Waals surface area contributed by atoms with Gasteiger partial charge in [-0.15, -0.1) is 0 Å². The van der Waals surface area contributed by atoms with Gasteiger partial charge in [-0.25, -0.2) is 10.9 Å². The average Bonchev–Trinajstić information content (AvgIpc) is 2.94. The molecule has 1 aliphatic heterocycles. The number of nitrogens with one attached hydrogen (secondary N) is 4. The summed E-state index contributed by atoms with van der Waals surface area (Å²) >= 11 is 0. The lowest BCUT2D eigenvalue weighted by atomic mass is 10.1. The first-order valence-electron chi connectivity index (χ1n) is 6.16. The molecule has 9 heteroatoms. The highest BCUT2D eigenvalue weighted by molar-refractivity contribution is 5.79. The second-order valence-electron chi connectivity index (χ2n) is 4.65. The van der Waals surface area contributed by atoms with Crippen molar-refractivity contribution in [3.05, 3.63) is 46.2 Å². The van der Waals surface area contributed by atoms with Crippen LogP contribution in [0.1, 0.15) is 5.56 Å². The summed E-state index contributed by atoms with van der Waals surface area (Å²) in [6, 6.07) is 4.44. The first-order valence-corrected chi connectivity index (χ1v) is 6.16. The molecule has 0 radical (unpaired) electrons. The number of aromatic nitrogens is 1. The molecule has 2 aromatic rings. The second kappa shape index (κ2) is 5.11. The van der Waals surface area contributed by atoms with Crippen LogP contribution in [0, 0.1) is 0 Å². The topological polar surface area (TPSA) is 70.1 Å². The van der Waals surface area contributed by atoms with Crippen molar-refractivity contribution in [3.63, 3.8) is 0 Å². The summed E-state index contributed by atoms with van der Waals surface area (Å²) in [5, 5.41) is 0.0474. The highest BCUT2D eigenvalue weighted by atomic mass is 19.4. The Bertz CT molecular complexity index is 721. The van der Waals surface area contributed by atoms with Gasteiger partial charge in [0, 0.05) is 17.6 Å². The van der Waals surface area contributed by atoms with Crippen molar-refractivity contribution in [2.75, 3.05) is 0 Å². The number of alkyl halides is 3. The molecule has 2 heterocycles. The van der Waals surface area contributed by atoms with Crippen molar-refractivity contribution in [1.82, 2.24) is 26.5 Å². The van der Waals surface area contributed by atoms with Crippen molar-refractivity contribution in [1.29, 1.82) is 0 Å². The van der Waals surface area contributed by atoms with Crippen LogP contribution in [0.2, 0.25) is 0 Å². The maximum absolute atomic E-state index is 12.7. The fourth-order valence-electron chi connectivity index (χ4n) is 2.22. The van der Waals surface area contributed by atoms with Crippen LogP contribution in [0.15, 0.2) is 35.3 Å². The van der Waals surface area contributed by atoms with Gasteiger partial charge in [-0.05, 0) is 18.2 Å². The number of rotatable bonds is 2. The lowest BCUT2D eigenvalue weighted by Crippen LogP contribution is -2.38. The second-order valence-corrected chi connectivity index (χ2v) is 4.65. The molecule has 0 amide bonds. The van der Waals surface area contributed by atoms with E-state index in [1.54, 1.807) is 10.8 Å². The molecule has 0 unspecified atom stereocenters. The summed E-state index contributed by atoms with van der Waals surface area (Å²) < 4.78 is 39.9. The number of hydrazine groups is 3. The summed E-state index contributed by atoms with van der Waals surface area (Å²) in [5.41, 5.74) is 10.2. The Kier molecular flexibility index (Phi) is 3.41. The van der Waals surface area contributed by atoms with Crippen molar-refractivity contribution in [2.45, 2.75) is 18.9 Å². The van der Waals surface area contributed by atoms with E-state index in [0.29, 0.717) is 12.1 Å². The molecular formula is C12H12F3N5O. The van der Waals surface area contributed by atoms with Gasteiger partial charge in [0.15, 0.2) is 5.43 Å². The maximum atomic E-state index is 12.7. The van der Waals surface area contributed by atoms with Crippen LogP contribution in [-0.4, -0.2) is 10.7 Å². The van der Waals surface area contributed by atoms with Gasteiger partial charge in [0.25, 0.3) is 0 Å². The molecule has 0 bridgehead atoms. The zero-order chi connectivity index (χ0) is 15.0. The van der Waals surface area contributed by atoms with Crippen molar-refractivity contribution in [3.8, 4) is 0 Å². The van der Waals surface area contributed by atoms with Gasteiger partial charge in [-0.2, -0.15) is 24.2 Å². The van der Waals surface area contributed by atoms with E-state index >= 15 is 0 Å². The Morgan fingerprint density at radius 2 is 1.86 bits per heavy atom. The predicted octanol–water partition coefficient (Wildman–Crippen LogP) is 0.463. The molecule has 0 aliphatic carbocycles. The maximum Gasteiger partial charge on any atom is 0.416 e. The summed E-state index contributed by atoms with van der Waals surface area (Å²) in [6.45, 7) is 0.419. The number of hydrogen-bond donors (Lipinski definition) is 4. The molecule has 1 saturated heterocycles. The average molecular weight is 299 g/mol. The Hall–Kier alpha value is -1.94. The van der Waals surface area contributed by atoms with Gasteiger partial charge >= 0.3 is 6.18 Å². The Morgan fingerprint density at radius 1 is 1.14 bits per heavy atom. The van der Waals surface area contributed by atoms with Gasteiger partial charge in [-0.3, -0.25) is 4.79 Å². The minimum absolute atomic E-state index is 0.0474. The monoisotopic (exact) mass is 299 g/mol. The fraction of sp³-hybridized carbons (Fsp3) is 0.250. The Balaban J connectivity index is 2.06. The summed E-state index contributed by atoms with van der Waals surface area (Å²) in [4.78, 5) is 11.8. The molecular weight excluding hydrogens is 287 g/mol. The van der Waals surface area contributed by atoms with Crippen molar-refractivity contribution >= 4 is 10.9 Å². The third-order valence-corrected chi connectivity index (χ3v) is 3.24. The van der Waals surface area contributed by atoms with E-state index in [2.05, 4.69) is 21.9 Å².